The molecule has 0 spiro atoms. The molecule has 0 aliphatic rings. The van der Waals surface area contributed by atoms with Crippen molar-refractivity contribution in [3.8, 4) is 0 Å². The molecule has 0 aliphatic carbocycles. The number of thiophene rings is 1. The molecular formula is C14H13ClN2O2S. The van der Waals surface area contributed by atoms with E-state index in [0.29, 0.717) is 10.7 Å². The van der Waals surface area contributed by atoms with Crippen LogP contribution in [0.5, 0.6) is 0 Å². The van der Waals surface area contributed by atoms with Gasteiger partial charge in [-0.1, -0.05) is 35.0 Å². The van der Waals surface area contributed by atoms with Crippen molar-refractivity contribution in [2.75, 3.05) is 11.9 Å². The predicted octanol–water partition coefficient (Wildman–Crippen LogP) is 3.78. The standard InChI is InChI=1S/C14H13ClN2O2S/c1-10(13-7-4-8-20-13)17-19-9-14(18)16-12-6-3-2-5-11(12)15/h2-8H,9H2,1H3,(H,16,18)/b17-10-. The van der Waals surface area contributed by atoms with E-state index < -0.39 is 0 Å². The zero-order chi connectivity index (χ0) is 14.4. The van der Waals surface area contributed by atoms with Gasteiger partial charge in [-0.05, 0) is 30.5 Å². The molecule has 0 atom stereocenters. The molecule has 1 amide bonds. The lowest BCUT2D eigenvalue weighted by molar-refractivity contribution is -0.120. The van der Waals surface area contributed by atoms with Crippen molar-refractivity contribution in [3.05, 3.63) is 51.7 Å². The molecule has 2 rings (SSSR count). The minimum Gasteiger partial charge on any atom is -0.385 e. The van der Waals surface area contributed by atoms with Crippen molar-refractivity contribution < 1.29 is 9.63 Å². The van der Waals surface area contributed by atoms with Gasteiger partial charge in [0, 0.05) is 0 Å². The lowest BCUT2D eigenvalue weighted by atomic mass is 10.3. The van der Waals surface area contributed by atoms with Crippen molar-refractivity contribution in [1.29, 1.82) is 0 Å². The van der Waals surface area contributed by atoms with Crippen LogP contribution < -0.4 is 5.32 Å². The number of anilines is 1. The maximum absolute atomic E-state index is 11.7. The number of halogens is 1. The SMILES string of the molecule is C/C(=N/OCC(=O)Nc1ccccc1Cl)c1cccs1. The number of amides is 1. The van der Waals surface area contributed by atoms with Gasteiger partial charge in [0.25, 0.3) is 5.91 Å². The summed E-state index contributed by atoms with van der Waals surface area (Å²) in [6.45, 7) is 1.67. The minimum atomic E-state index is -0.305. The maximum atomic E-state index is 11.7. The average Bonchev–Trinajstić information content (AvgIpc) is 2.95. The first-order valence-corrected chi connectivity index (χ1v) is 7.17. The van der Waals surface area contributed by atoms with E-state index >= 15 is 0 Å². The van der Waals surface area contributed by atoms with Gasteiger partial charge >= 0.3 is 0 Å². The summed E-state index contributed by atoms with van der Waals surface area (Å²) in [5.74, 6) is -0.305. The smallest absolute Gasteiger partial charge is 0.265 e. The third kappa shape index (κ3) is 4.08. The van der Waals surface area contributed by atoms with Gasteiger partial charge in [-0.15, -0.1) is 11.3 Å². The van der Waals surface area contributed by atoms with E-state index in [4.69, 9.17) is 16.4 Å². The molecule has 0 fully saturated rings. The Morgan fingerprint density at radius 2 is 2.15 bits per heavy atom. The summed E-state index contributed by atoms with van der Waals surface area (Å²) in [7, 11) is 0. The van der Waals surface area contributed by atoms with Crippen LogP contribution in [0.2, 0.25) is 5.02 Å². The summed E-state index contributed by atoms with van der Waals surface area (Å²) in [5, 5.41) is 9.00. The summed E-state index contributed by atoms with van der Waals surface area (Å²) in [4.78, 5) is 17.7. The Kier molecular flexibility index (Phi) is 5.15. The highest BCUT2D eigenvalue weighted by atomic mass is 35.5. The number of oxime groups is 1. The van der Waals surface area contributed by atoms with Crippen molar-refractivity contribution >= 4 is 40.2 Å². The molecule has 0 radical (unpaired) electrons. The zero-order valence-corrected chi connectivity index (χ0v) is 12.4. The van der Waals surface area contributed by atoms with Gasteiger partial charge in [-0.25, -0.2) is 0 Å². The van der Waals surface area contributed by atoms with Crippen molar-refractivity contribution in [2.45, 2.75) is 6.92 Å². The van der Waals surface area contributed by atoms with Crippen molar-refractivity contribution in [2.24, 2.45) is 5.16 Å². The first kappa shape index (κ1) is 14.6. The molecule has 104 valence electrons. The number of carbonyl (C=O) groups is 1. The minimum absolute atomic E-state index is 0.159. The molecule has 0 saturated heterocycles. The molecule has 20 heavy (non-hydrogen) atoms. The van der Waals surface area contributed by atoms with Crippen LogP contribution >= 0.6 is 22.9 Å². The number of para-hydroxylation sites is 1. The summed E-state index contributed by atoms with van der Waals surface area (Å²) in [5.41, 5.74) is 1.30. The second-order valence-electron chi connectivity index (χ2n) is 3.96. The van der Waals surface area contributed by atoms with E-state index in [9.17, 15) is 4.79 Å². The van der Waals surface area contributed by atoms with E-state index in [1.165, 1.54) is 0 Å². The normalized spacial score (nSPS) is 11.2. The van der Waals surface area contributed by atoms with Crippen LogP contribution in [0.15, 0.2) is 46.9 Å². The largest absolute Gasteiger partial charge is 0.385 e. The highest BCUT2D eigenvalue weighted by Crippen LogP contribution is 2.20. The van der Waals surface area contributed by atoms with Gasteiger partial charge in [0.15, 0.2) is 6.61 Å². The number of nitrogens with one attached hydrogen (secondary N) is 1. The lowest BCUT2D eigenvalue weighted by Gasteiger charge is -2.06. The fourth-order valence-corrected chi connectivity index (χ4v) is 2.32. The van der Waals surface area contributed by atoms with Crippen LogP contribution in [-0.4, -0.2) is 18.2 Å². The molecule has 0 saturated carbocycles. The monoisotopic (exact) mass is 308 g/mol. The molecule has 1 heterocycles. The topological polar surface area (TPSA) is 50.7 Å². The van der Waals surface area contributed by atoms with Crippen LogP contribution in [0.3, 0.4) is 0 Å². The van der Waals surface area contributed by atoms with Gasteiger partial charge in [-0.2, -0.15) is 0 Å². The number of carbonyl (C=O) groups excluding carboxylic acids is 1. The first-order valence-electron chi connectivity index (χ1n) is 5.91. The summed E-state index contributed by atoms with van der Waals surface area (Å²) < 4.78 is 0. The molecule has 6 heteroatoms. The van der Waals surface area contributed by atoms with Crippen LogP contribution in [-0.2, 0) is 9.63 Å². The Morgan fingerprint density at radius 1 is 1.35 bits per heavy atom. The van der Waals surface area contributed by atoms with Gasteiger partial charge < -0.3 is 10.2 Å². The number of hydrogen-bond acceptors (Lipinski definition) is 4. The third-order valence-electron chi connectivity index (χ3n) is 2.42. The number of rotatable bonds is 5. The van der Waals surface area contributed by atoms with Gasteiger partial charge in [0.1, 0.15) is 0 Å². The average molecular weight is 309 g/mol. The second kappa shape index (κ2) is 7.07. The molecule has 1 aromatic carbocycles. The summed E-state index contributed by atoms with van der Waals surface area (Å²) in [6.07, 6.45) is 0. The van der Waals surface area contributed by atoms with Gasteiger partial charge in [-0.3, -0.25) is 4.79 Å². The fourth-order valence-electron chi connectivity index (χ4n) is 1.47. The van der Waals surface area contributed by atoms with E-state index in [0.717, 1.165) is 10.6 Å². The van der Waals surface area contributed by atoms with Gasteiger partial charge in [0.05, 0.1) is 21.3 Å². The summed E-state index contributed by atoms with van der Waals surface area (Å²) in [6, 6.07) is 10.9. The molecule has 2 aromatic rings. The Bertz CT molecular complexity index is 611. The van der Waals surface area contributed by atoms with Crippen LogP contribution in [0.25, 0.3) is 0 Å². The first-order chi connectivity index (χ1) is 9.66. The highest BCUT2D eigenvalue weighted by molar-refractivity contribution is 7.12. The zero-order valence-electron chi connectivity index (χ0n) is 10.8. The quantitative estimate of drug-likeness (QED) is 0.675. The molecule has 1 aromatic heterocycles. The highest BCUT2D eigenvalue weighted by Gasteiger charge is 2.06. The lowest BCUT2D eigenvalue weighted by Crippen LogP contribution is -2.17. The fraction of sp³-hybridized carbons (Fsp3) is 0.143. The molecule has 0 bridgehead atoms. The van der Waals surface area contributed by atoms with E-state index in [1.54, 1.807) is 35.6 Å². The molecule has 0 aliphatic heterocycles. The van der Waals surface area contributed by atoms with Crippen molar-refractivity contribution in [1.82, 2.24) is 0 Å². The molecule has 0 unspecified atom stereocenters. The maximum Gasteiger partial charge on any atom is 0.265 e. The van der Waals surface area contributed by atoms with Crippen LogP contribution in [0.1, 0.15) is 11.8 Å². The molecule has 1 N–H and O–H groups in total. The Hall–Kier alpha value is -1.85. The third-order valence-corrected chi connectivity index (χ3v) is 3.73. The molecular weight excluding hydrogens is 296 g/mol. The van der Waals surface area contributed by atoms with Crippen LogP contribution in [0.4, 0.5) is 5.69 Å². The number of hydrogen-bond donors (Lipinski definition) is 1. The van der Waals surface area contributed by atoms with E-state index in [2.05, 4.69) is 10.5 Å². The Morgan fingerprint density at radius 3 is 2.85 bits per heavy atom. The van der Waals surface area contributed by atoms with Crippen LogP contribution in [0, 0.1) is 0 Å². The molecule has 4 nitrogen and oxygen atoms in total. The Balaban J connectivity index is 1.84. The summed E-state index contributed by atoms with van der Waals surface area (Å²) >= 11 is 7.50. The number of nitrogens with zero attached hydrogens (tertiary/aromatic N) is 1. The van der Waals surface area contributed by atoms with E-state index in [-0.39, 0.29) is 12.5 Å². The Labute approximate surface area is 126 Å². The van der Waals surface area contributed by atoms with E-state index in [1.807, 2.05) is 24.4 Å². The predicted molar refractivity (Wildman–Crippen MR) is 82.6 cm³/mol. The number of benzene rings is 1. The van der Waals surface area contributed by atoms with Crippen molar-refractivity contribution in [3.63, 3.8) is 0 Å². The second-order valence-corrected chi connectivity index (χ2v) is 5.31. The van der Waals surface area contributed by atoms with Gasteiger partial charge in [0.2, 0.25) is 0 Å².